The van der Waals surface area contributed by atoms with Crippen molar-refractivity contribution < 1.29 is 18.1 Å². The summed E-state index contributed by atoms with van der Waals surface area (Å²) in [6.07, 6.45) is -2.97. The van der Waals surface area contributed by atoms with Crippen LogP contribution in [0.2, 0.25) is 0 Å². The van der Waals surface area contributed by atoms with Crippen LogP contribution in [0.15, 0.2) is 41.1 Å². The van der Waals surface area contributed by atoms with Gasteiger partial charge in [-0.25, -0.2) is 4.98 Å². The van der Waals surface area contributed by atoms with Crippen molar-refractivity contribution in [1.29, 1.82) is 0 Å². The standard InChI is InChI=1S/C16H11BrF3N3O2/c1-9-10(3-2-4-12(9)16(18,19)20)7-22-8-21-15-13(17)5-11(23(24)25)6-14(15)22/h2-6,8H,7H2,1H3. The number of non-ortho nitro benzene ring substituents is 1. The van der Waals surface area contributed by atoms with Crippen LogP contribution in [0.5, 0.6) is 0 Å². The van der Waals surface area contributed by atoms with Crippen molar-refractivity contribution >= 4 is 32.7 Å². The Balaban J connectivity index is 2.09. The molecule has 0 bridgehead atoms. The smallest absolute Gasteiger partial charge is 0.326 e. The number of nitrogens with zero attached hydrogens (tertiary/aromatic N) is 3. The summed E-state index contributed by atoms with van der Waals surface area (Å²) in [4.78, 5) is 14.7. The van der Waals surface area contributed by atoms with E-state index in [2.05, 4.69) is 20.9 Å². The van der Waals surface area contributed by atoms with Crippen LogP contribution in [0.3, 0.4) is 0 Å². The summed E-state index contributed by atoms with van der Waals surface area (Å²) in [5.41, 5.74) is 0.759. The van der Waals surface area contributed by atoms with E-state index in [1.54, 1.807) is 10.6 Å². The van der Waals surface area contributed by atoms with E-state index in [-0.39, 0.29) is 17.8 Å². The molecular weight excluding hydrogens is 403 g/mol. The van der Waals surface area contributed by atoms with E-state index in [1.807, 2.05) is 0 Å². The van der Waals surface area contributed by atoms with E-state index in [4.69, 9.17) is 0 Å². The summed E-state index contributed by atoms with van der Waals surface area (Å²) in [5.74, 6) is 0. The van der Waals surface area contributed by atoms with Crippen molar-refractivity contribution in [3.8, 4) is 0 Å². The number of fused-ring (bicyclic) bond motifs is 1. The lowest BCUT2D eigenvalue weighted by Gasteiger charge is -2.14. The summed E-state index contributed by atoms with van der Waals surface area (Å²) < 4.78 is 41.2. The first-order valence-electron chi connectivity index (χ1n) is 7.13. The normalized spacial score (nSPS) is 11.9. The van der Waals surface area contributed by atoms with Crippen LogP contribution >= 0.6 is 15.9 Å². The van der Waals surface area contributed by atoms with E-state index in [1.165, 1.54) is 31.5 Å². The summed E-state index contributed by atoms with van der Waals surface area (Å²) >= 11 is 3.24. The predicted octanol–water partition coefficient (Wildman–Crippen LogP) is 5.08. The minimum Gasteiger partial charge on any atom is -0.326 e. The lowest BCUT2D eigenvalue weighted by atomic mass is 10.0. The zero-order valence-corrected chi connectivity index (χ0v) is 14.4. The zero-order chi connectivity index (χ0) is 18.4. The Labute approximate surface area is 148 Å². The third-order valence-corrected chi connectivity index (χ3v) is 4.57. The van der Waals surface area contributed by atoms with E-state index in [9.17, 15) is 23.3 Å². The van der Waals surface area contributed by atoms with E-state index >= 15 is 0 Å². The number of hydrogen-bond donors (Lipinski definition) is 0. The van der Waals surface area contributed by atoms with Gasteiger partial charge in [-0.05, 0) is 40.0 Å². The van der Waals surface area contributed by atoms with Crippen molar-refractivity contribution in [1.82, 2.24) is 9.55 Å². The minimum atomic E-state index is -4.43. The first-order valence-corrected chi connectivity index (χ1v) is 7.92. The van der Waals surface area contributed by atoms with Crippen LogP contribution in [0.4, 0.5) is 18.9 Å². The number of halogens is 4. The first-order chi connectivity index (χ1) is 11.7. The number of aromatic nitrogens is 2. The van der Waals surface area contributed by atoms with Gasteiger partial charge in [0.05, 0.1) is 26.8 Å². The van der Waals surface area contributed by atoms with Gasteiger partial charge in [0.15, 0.2) is 0 Å². The van der Waals surface area contributed by atoms with Crippen LogP contribution in [0.1, 0.15) is 16.7 Å². The maximum Gasteiger partial charge on any atom is 0.416 e. The monoisotopic (exact) mass is 413 g/mol. The highest BCUT2D eigenvalue weighted by Gasteiger charge is 2.32. The Morgan fingerprint density at radius 3 is 2.68 bits per heavy atom. The maximum atomic E-state index is 13.1. The van der Waals surface area contributed by atoms with E-state index in [0.29, 0.717) is 21.1 Å². The number of nitro groups is 1. The van der Waals surface area contributed by atoms with Gasteiger partial charge < -0.3 is 4.57 Å². The van der Waals surface area contributed by atoms with Gasteiger partial charge in [0.2, 0.25) is 0 Å². The highest BCUT2D eigenvalue weighted by molar-refractivity contribution is 9.10. The average molecular weight is 414 g/mol. The molecule has 0 N–H and O–H groups in total. The Morgan fingerprint density at radius 1 is 1.32 bits per heavy atom. The molecule has 0 atom stereocenters. The first kappa shape index (κ1) is 17.4. The molecule has 3 rings (SSSR count). The molecule has 25 heavy (non-hydrogen) atoms. The van der Waals surface area contributed by atoms with Gasteiger partial charge >= 0.3 is 6.18 Å². The zero-order valence-electron chi connectivity index (χ0n) is 12.8. The van der Waals surface area contributed by atoms with Crippen LogP contribution in [0, 0.1) is 17.0 Å². The lowest BCUT2D eigenvalue weighted by molar-refractivity contribution is -0.384. The molecule has 0 aliphatic heterocycles. The molecule has 0 radical (unpaired) electrons. The molecule has 5 nitrogen and oxygen atoms in total. The molecular formula is C16H11BrF3N3O2. The number of alkyl halides is 3. The van der Waals surface area contributed by atoms with Gasteiger partial charge in [0.25, 0.3) is 5.69 Å². The quantitative estimate of drug-likeness (QED) is 0.444. The summed E-state index contributed by atoms with van der Waals surface area (Å²) in [6, 6.07) is 6.68. The van der Waals surface area contributed by atoms with Crippen molar-refractivity contribution in [2.75, 3.05) is 0 Å². The Hall–Kier alpha value is -2.42. The van der Waals surface area contributed by atoms with Gasteiger partial charge in [-0.15, -0.1) is 0 Å². The number of imidazole rings is 1. The summed E-state index contributed by atoms with van der Waals surface area (Å²) in [7, 11) is 0. The topological polar surface area (TPSA) is 61.0 Å². The molecule has 0 spiro atoms. The number of rotatable bonds is 3. The number of nitro benzene ring substituents is 1. The third kappa shape index (κ3) is 3.23. The number of hydrogen-bond acceptors (Lipinski definition) is 3. The molecule has 130 valence electrons. The van der Waals surface area contributed by atoms with E-state index < -0.39 is 16.7 Å². The molecule has 0 amide bonds. The highest BCUT2D eigenvalue weighted by atomic mass is 79.9. The molecule has 0 aliphatic rings. The van der Waals surface area contributed by atoms with Gasteiger partial charge in [-0.3, -0.25) is 10.1 Å². The Bertz CT molecular complexity index is 983. The van der Waals surface area contributed by atoms with Crippen LogP contribution in [0.25, 0.3) is 11.0 Å². The van der Waals surface area contributed by atoms with Gasteiger partial charge in [-0.2, -0.15) is 13.2 Å². The van der Waals surface area contributed by atoms with Crippen LogP contribution in [-0.2, 0) is 12.7 Å². The molecule has 1 heterocycles. The minimum absolute atomic E-state index is 0.123. The predicted molar refractivity (Wildman–Crippen MR) is 89.4 cm³/mol. The summed E-state index contributed by atoms with van der Waals surface area (Å²) in [5, 5.41) is 11.0. The van der Waals surface area contributed by atoms with E-state index in [0.717, 1.165) is 6.07 Å². The van der Waals surface area contributed by atoms with Crippen LogP contribution < -0.4 is 0 Å². The Morgan fingerprint density at radius 2 is 2.04 bits per heavy atom. The SMILES string of the molecule is Cc1c(Cn2cnc3c(Br)cc([N+](=O)[O-])cc32)cccc1C(F)(F)F. The highest BCUT2D eigenvalue weighted by Crippen LogP contribution is 2.34. The maximum absolute atomic E-state index is 13.1. The van der Waals surface area contributed by atoms with Crippen molar-refractivity contribution in [3.05, 3.63) is 67.9 Å². The second-order valence-electron chi connectivity index (χ2n) is 5.51. The van der Waals surface area contributed by atoms with Gasteiger partial charge in [0.1, 0.15) is 5.52 Å². The van der Waals surface area contributed by atoms with Gasteiger partial charge in [0, 0.05) is 18.7 Å². The largest absolute Gasteiger partial charge is 0.416 e. The summed E-state index contributed by atoms with van der Waals surface area (Å²) in [6.45, 7) is 1.54. The fourth-order valence-corrected chi connectivity index (χ4v) is 3.22. The lowest BCUT2D eigenvalue weighted by Crippen LogP contribution is -2.10. The average Bonchev–Trinajstić information content (AvgIpc) is 2.91. The molecule has 2 aromatic carbocycles. The molecule has 0 aliphatic carbocycles. The molecule has 9 heteroatoms. The molecule has 1 aromatic heterocycles. The van der Waals surface area contributed by atoms with Crippen molar-refractivity contribution in [2.45, 2.75) is 19.6 Å². The second-order valence-corrected chi connectivity index (χ2v) is 6.37. The van der Waals surface area contributed by atoms with Crippen molar-refractivity contribution in [3.63, 3.8) is 0 Å². The number of benzene rings is 2. The molecule has 0 saturated heterocycles. The fourth-order valence-electron chi connectivity index (χ4n) is 2.68. The van der Waals surface area contributed by atoms with Gasteiger partial charge in [-0.1, -0.05) is 12.1 Å². The molecule has 0 unspecified atom stereocenters. The third-order valence-electron chi connectivity index (χ3n) is 3.97. The molecule has 0 fully saturated rings. The fraction of sp³-hybridized carbons (Fsp3) is 0.188. The molecule has 3 aromatic rings. The molecule has 0 saturated carbocycles. The van der Waals surface area contributed by atoms with Crippen LogP contribution in [-0.4, -0.2) is 14.5 Å². The second kappa shape index (κ2) is 6.14. The Kier molecular flexibility index (Phi) is 4.28. The van der Waals surface area contributed by atoms with Crippen molar-refractivity contribution in [2.24, 2.45) is 0 Å².